The van der Waals surface area contributed by atoms with E-state index in [4.69, 9.17) is 11.6 Å². The lowest BCUT2D eigenvalue weighted by Gasteiger charge is -2.13. The average molecular weight is 213 g/mol. The molecule has 0 fully saturated rings. The molecule has 0 amide bonds. The van der Waals surface area contributed by atoms with E-state index in [1.165, 1.54) is 0 Å². The number of hydrogen-bond acceptors (Lipinski definition) is 2. The van der Waals surface area contributed by atoms with Crippen LogP contribution < -0.4 is 5.32 Å². The summed E-state index contributed by atoms with van der Waals surface area (Å²) in [7, 11) is 4.13. The topological polar surface area (TPSA) is 15.3 Å². The van der Waals surface area contributed by atoms with Crippen molar-refractivity contribution < 1.29 is 0 Å². The molecule has 1 rings (SSSR count). The van der Waals surface area contributed by atoms with Crippen molar-refractivity contribution in [3.63, 3.8) is 0 Å². The van der Waals surface area contributed by atoms with E-state index in [0.29, 0.717) is 5.88 Å². The molecule has 2 nitrogen and oxygen atoms in total. The van der Waals surface area contributed by atoms with Crippen LogP contribution in [0.5, 0.6) is 0 Å². The highest BCUT2D eigenvalue weighted by Gasteiger charge is 1.98. The number of rotatable bonds is 5. The Balaban J connectivity index is 2.49. The fourth-order valence-electron chi connectivity index (χ4n) is 1.22. The first-order valence-corrected chi connectivity index (χ1v) is 5.30. The molecule has 78 valence electrons. The van der Waals surface area contributed by atoms with Crippen LogP contribution in [0.15, 0.2) is 24.3 Å². The number of alkyl halides is 1. The van der Waals surface area contributed by atoms with E-state index in [1.807, 2.05) is 18.2 Å². The van der Waals surface area contributed by atoms with Gasteiger partial charge in [-0.25, -0.2) is 0 Å². The number of likely N-dealkylation sites (N-methyl/N-ethyl adjacent to an activating group) is 1. The molecule has 1 aromatic carbocycles. The van der Waals surface area contributed by atoms with Crippen molar-refractivity contribution in [2.45, 2.75) is 5.88 Å². The summed E-state index contributed by atoms with van der Waals surface area (Å²) < 4.78 is 0. The lowest BCUT2D eigenvalue weighted by molar-refractivity contribution is 0.425. The SMILES string of the molecule is CN(C)CCNc1ccccc1CCl. The smallest absolute Gasteiger partial charge is 0.0494 e. The van der Waals surface area contributed by atoms with E-state index in [9.17, 15) is 0 Å². The number of nitrogens with zero attached hydrogens (tertiary/aromatic N) is 1. The van der Waals surface area contributed by atoms with Gasteiger partial charge in [0.05, 0.1) is 0 Å². The summed E-state index contributed by atoms with van der Waals surface area (Å²) in [5, 5.41) is 3.37. The van der Waals surface area contributed by atoms with Crippen molar-refractivity contribution in [3.05, 3.63) is 29.8 Å². The van der Waals surface area contributed by atoms with Crippen LogP contribution in [-0.2, 0) is 5.88 Å². The summed E-state index contributed by atoms with van der Waals surface area (Å²) in [6.07, 6.45) is 0. The second-order valence-electron chi connectivity index (χ2n) is 3.52. The van der Waals surface area contributed by atoms with Gasteiger partial charge in [-0.15, -0.1) is 11.6 Å². The summed E-state index contributed by atoms with van der Waals surface area (Å²) >= 11 is 5.82. The van der Waals surface area contributed by atoms with Crippen LogP contribution in [0.1, 0.15) is 5.56 Å². The highest BCUT2D eigenvalue weighted by atomic mass is 35.5. The Hall–Kier alpha value is -0.730. The van der Waals surface area contributed by atoms with E-state index in [0.717, 1.165) is 24.3 Å². The standard InChI is InChI=1S/C11H17ClN2/c1-14(2)8-7-13-11-6-4-3-5-10(11)9-12/h3-6,13H,7-9H2,1-2H3. The molecule has 0 aromatic heterocycles. The lowest BCUT2D eigenvalue weighted by atomic mass is 10.2. The van der Waals surface area contributed by atoms with Crippen molar-refractivity contribution in [2.75, 3.05) is 32.5 Å². The molecule has 0 unspecified atom stereocenters. The number of hydrogen-bond donors (Lipinski definition) is 1. The minimum absolute atomic E-state index is 0.561. The second kappa shape index (κ2) is 5.89. The Labute approximate surface area is 90.9 Å². The average Bonchev–Trinajstić information content (AvgIpc) is 2.18. The molecule has 14 heavy (non-hydrogen) atoms. The van der Waals surface area contributed by atoms with Gasteiger partial charge in [-0.2, -0.15) is 0 Å². The van der Waals surface area contributed by atoms with Gasteiger partial charge in [0.15, 0.2) is 0 Å². The quantitative estimate of drug-likeness (QED) is 0.755. The molecule has 0 saturated heterocycles. The third kappa shape index (κ3) is 3.56. The first-order valence-electron chi connectivity index (χ1n) is 4.76. The maximum atomic E-state index is 5.82. The fourth-order valence-corrected chi connectivity index (χ4v) is 1.46. The van der Waals surface area contributed by atoms with Gasteiger partial charge in [0, 0.05) is 24.7 Å². The first kappa shape index (κ1) is 11.3. The molecular formula is C11H17ClN2. The van der Waals surface area contributed by atoms with Crippen molar-refractivity contribution in [2.24, 2.45) is 0 Å². The van der Waals surface area contributed by atoms with Gasteiger partial charge < -0.3 is 10.2 Å². The number of nitrogens with one attached hydrogen (secondary N) is 1. The van der Waals surface area contributed by atoms with Gasteiger partial charge in [-0.1, -0.05) is 18.2 Å². The number of halogens is 1. The Morgan fingerprint density at radius 1 is 1.29 bits per heavy atom. The zero-order chi connectivity index (χ0) is 10.4. The molecule has 3 heteroatoms. The molecule has 1 aromatic rings. The Morgan fingerprint density at radius 3 is 2.64 bits per heavy atom. The largest absolute Gasteiger partial charge is 0.384 e. The van der Waals surface area contributed by atoms with E-state index < -0.39 is 0 Å². The molecule has 0 aliphatic carbocycles. The summed E-state index contributed by atoms with van der Waals surface area (Å²) in [4.78, 5) is 2.15. The van der Waals surface area contributed by atoms with Gasteiger partial charge in [0.1, 0.15) is 0 Å². The van der Waals surface area contributed by atoms with Crippen LogP contribution in [0.2, 0.25) is 0 Å². The molecule has 0 spiro atoms. The van der Waals surface area contributed by atoms with Crippen LogP contribution in [0.3, 0.4) is 0 Å². The van der Waals surface area contributed by atoms with Gasteiger partial charge in [-0.05, 0) is 25.7 Å². The van der Waals surface area contributed by atoms with Crippen LogP contribution in [0, 0.1) is 0 Å². The third-order valence-electron chi connectivity index (χ3n) is 2.04. The van der Waals surface area contributed by atoms with Gasteiger partial charge >= 0.3 is 0 Å². The van der Waals surface area contributed by atoms with Crippen molar-refractivity contribution in [1.29, 1.82) is 0 Å². The summed E-state index contributed by atoms with van der Waals surface area (Å²) in [6, 6.07) is 8.14. The Kier molecular flexibility index (Phi) is 4.77. The van der Waals surface area contributed by atoms with E-state index in [-0.39, 0.29) is 0 Å². The Morgan fingerprint density at radius 2 is 2.00 bits per heavy atom. The maximum absolute atomic E-state index is 5.82. The van der Waals surface area contributed by atoms with Crippen LogP contribution in [0.4, 0.5) is 5.69 Å². The van der Waals surface area contributed by atoms with E-state index in [1.54, 1.807) is 0 Å². The van der Waals surface area contributed by atoms with E-state index in [2.05, 4.69) is 30.4 Å². The normalized spacial score (nSPS) is 10.6. The highest BCUT2D eigenvalue weighted by Crippen LogP contribution is 2.16. The third-order valence-corrected chi connectivity index (χ3v) is 2.32. The molecule has 0 aliphatic rings. The van der Waals surface area contributed by atoms with E-state index >= 15 is 0 Å². The number of anilines is 1. The predicted molar refractivity (Wildman–Crippen MR) is 63.0 cm³/mol. The lowest BCUT2D eigenvalue weighted by Crippen LogP contribution is -2.21. The molecule has 0 aliphatic heterocycles. The van der Waals surface area contributed by atoms with Crippen molar-refractivity contribution in [3.8, 4) is 0 Å². The Bertz CT molecular complexity index is 274. The van der Waals surface area contributed by atoms with Gasteiger partial charge in [0.25, 0.3) is 0 Å². The number of para-hydroxylation sites is 1. The molecule has 1 N–H and O–H groups in total. The molecule has 0 heterocycles. The molecule has 0 radical (unpaired) electrons. The van der Waals surface area contributed by atoms with Gasteiger partial charge in [0.2, 0.25) is 0 Å². The second-order valence-corrected chi connectivity index (χ2v) is 3.79. The number of benzene rings is 1. The molecule has 0 bridgehead atoms. The zero-order valence-electron chi connectivity index (χ0n) is 8.76. The van der Waals surface area contributed by atoms with Gasteiger partial charge in [-0.3, -0.25) is 0 Å². The summed E-state index contributed by atoms with van der Waals surface area (Å²) in [5.74, 6) is 0.561. The van der Waals surface area contributed by atoms with Crippen molar-refractivity contribution >= 4 is 17.3 Å². The first-order chi connectivity index (χ1) is 6.74. The van der Waals surface area contributed by atoms with Crippen molar-refractivity contribution in [1.82, 2.24) is 4.90 Å². The van der Waals surface area contributed by atoms with Crippen LogP contribution >= 0.6 is 11.6 Å². The maximum Gasteiger partial charge on any atom is 0.0494 e. The zero-order valence-corrected chi connectivity index (χ0v) is 9.51. The minimum atomic E-state index is 0.561. The molecule has 0 atom stereocenters. The monoisotopic (exact) mass is 212 g/mol. The fraction of sp³-hybridized carbons (Fsp3) is 0.455. The molecule has 0 saturated carbocycles. The summed E-state index contributed by atoms with van der Waals surface area (Å²) in [5.41, 5.74) is 2.30. The molecular weight excluding hydrogens is 196 g/mol. The predicted octanol–water partition coefficient (Wildman–Crippen LogP) is 2.40. The summed E-state index contributed by atoms with van der Waals surface area (Å²) in [6.45, 7) is 1.97. The van der Waals surface area contributed by atoms with Crippen LogP contribution in [-0.4, -0.2) is 32.1 Å². The highest BCUT2D eigenvalue weighted by molar-refractivity contribution is 6.17. The van der Waals surface area contributed by atoms with Crippen LogP contribution in [0.25, 0.3) is 0 Å². The minimum Gasteiger partial charge on any atom is -0.384 e.